The standard InChI is InChI=1S/C12H14ClNO2S/c13-9-6-8(12-14-2-1-5-17-12)7-10-11(9)16-4-3-15-10/h6-7,12,14H,1-5H2. The highest BCUT2D eigenvalue weighted by atomic mass is 35.5. The van der Waals surface area contributed by atoms with Crippen molar-refractivity contribution in [3.8, 4) is 11.5 Å². The van der Waals surface area contributed by atoms with Crippen LogP contribution in [0, 0.1) is 0 Å². The number of nitrogens with one attached hydrogen (secondary N) is 1. The highest BCUT2D eigenvalue weighted by Gasteiger charge is 2.21. The quantitative estimate of drug-likeness (QED) is 0.851. The number of thioether (sulfide) groups is 1. The highest BCUT2D eigenvalue weighted by Crippen LogP contribution is 2.42. The van der Waals surface area contributed by atoms with Crippen LogP contribution in [-0.4, -0.2) is 25.5 Å². The fourth-order valence-corrected chi connectivity index (χ4v) is 3.45. The van der Waals surface area contributed by atoms with Crippen molar-refractivity contribution in [1.82, 2.24) is 5.32 Å². The second kappa shape index (κ2) is 4.96. The van der Waals surface area contributed by atoms with Crippen LogP contribution in [0.1, 0.15) is 17.4 Å². The Bertz CT molecular complexity index is 421. The lowest BCUT2D eigenvalue weighted by Gasteiger charge is -2.26. The maximum absolute atomic E-state index is 6.22. The van der Waals surface area contributed by atoms with E-state index in [-0.39, 0.29) is 0 Å². The Morgan fingerprint density at radius 2 is 2.18 bits per heavy atom. The molecule has 0 radical (unpaired) electrons. The van der Waals surface area contributed by atoms with Gasteiger partial charge in [-0.2, -0.15) is 0 Å². The molecule has 1 fully saturated rings. The average molecular weight is 272 g/mol. The monoisotopic (exact) mass is 271 g/mol. The van der Waals surface area contributed by atoms with Crippen molar-refractivity contribution in [3.05, 3.63) is 22.7 Å². The van der Waals surface area contributed by atoms with E-state index in [9.17, 15) is 0 Å². The summed E-state index contributed by atoms with van der Waals surface area (Å²) < 4.78 is 11.1. The number of fused-ring (bicyclic) bond motifs is 1. The van der Waals surface area contributed by atoms with Crippen LogP contribution < -0.4 is 14.8 Å². The minimum absolute atomic E-state index is 0.317. The zero-order valence-corrected chi connectivity index (χ0v) is 10.9. The van der Waals surface area contributed by atoms with Crippen LogP contribution in [0.25, 0.3) is 0 Å². The average Bonchev–Trinajstić information content (AvgIpc) is 2.40. The third-order valence-corrected chi connectivity index (χ3v) is 4.43. The molecule has 3 rings (SSSR count). The lowest BCUT2D eigenvalue weighted by Crippen LogP contribution is -2.25. The highest BCUT2D eigenvalue weighted by molar-refractivity contribution is 7.99. The van der Waals surface area contributed by atoms with E-state index in [0.29, 0.717) is 29.4 Å². The van der Waals surface area contributed by atoms with Crippen LogP contribution in [0.2, 0.25) is 5.02 Å². The summed E-state index contributed by atoms with van der Waals surface area (Å²) in [5.74, 6) is 2.64. The molecule has 1 atom stereocenters. The van der Waals surface area contributed by atoms with E-state index in [1.54, 1.807) is 0 Å². The first-order valence-corrected chi connectivity index (χ1v) is 7.21. The molecule has 0 amide bonds. The predicted octanol–water partition coefficient (Wildman–Crippen LogP) is 2.84. The van der Waals surface area contributed by atoms with Crippen LogP contribution in [0.4, 0.5) is 0 Å². The topological polar surface area (TPSA) is 30.5 Å². The largest absolute Gasteiger partial charge is 0.486 e. The summed E-state index contributed by atoms with van der Waals surface area (Å²) in [6, 6.07) is 4.02. The van der Waals surface area contributed by atoms with Gasteiger partial charge in [-0.3, -0.25) is 0 Å². The van der Waals surface area contributed by atoms with Gasteiger partial charge in [0.1, 0.15) is 13.2 Å². The zero-order chi connectivity index (χ0) is 11.7. The molecule has 92 valence electrons. The summed E-state index contributed by atoms with van der Waals surface area (Å²) in [6.07, 6.45) is 1.22. The molecule has 5 heteroatoms. The Kier molecular flexibility index (Phi) is 3.36. The summed E-state index contributed by atoms with van der Waals surface area (Å²) in [6.45, 7) is 2.23. The van der Waals surface area contributed by atoms with Crippen LogP contribution in [-0.2, 0) is 0 Å². The van der Waals surface area contributed by atoms with Crippen LogP contribution in [0.15, 0.2) is 12.1 Å². The Balaban J connectivity index is 1.92. The minimum atomic E-state index is 0.317. The van der Waals surface area contributed by atoms with Crippen molar-refractivity contribution in [2.24, 2.45) is 0 Å². The number of hydrogen-bond donors (Lipinski definition) is 1. The summed E-state index contributed by atoms with van der Waals surface area (Å²) in [5.41, 5.74) is 1.17. The molecule has 2 aliphatic rings. The normalized spacial score (nSPS) is 23.5. The van der Waals surface area contributed by atoms with Gasteiger partial charge < -0.3 is 14.8 Å². The molecule has 0 saturated carbocycles. The van der Waals surface area contributed by atoms with Gasteiger partial charge in [0.15, 0.2) is 11.5 Å². The number of hydrogen-bond acceptors (Lipinski definition) is 4. The molecule has 1 saturated heterocycles. The fourth-order valence-electron chi connectivity index (χ4n) is 2.06. The Morgan fingerprint density at radius 3 is 3.00 bits per heavy atom. The lowest BCUT2D eigenvalue weighted by molar-refractivity contribution is 0.171. The Labute approximate surface area is 110 Å². The molecule has 1 aromatic carbocycles. The van der Waals surface area contributed by atoms with Crippen molar-refractivity contribution < 1.29 is 9.47 Å². The van der Waals surface area contributed by atoms with E-state index in [2.05, 4.69) is 5.32 Å². The van der Waals surface area contributed by atoms with Gasteiger partial charge >= 0.3 is 0 Å². The summed E-state index contributed by atoms with van der Waals surface area (Å²) >= 11 is 8.13. The molecule has 0 aliphatic carbocycles. The van der Waals surface area contributed by atoms with E-state index in [0.717, 1.165) is 12.3 Å². The molecule has 2 heterocycles. The smallest absolute Gasteiger partial charge is 0.179 e. The van der Waals surface area contributed by atoms with Crippen molar-refractivity contribution in [3.63, 3.8) is 0 Å². The molecule has 0 bridgehead atoms. The number of halogens is 1. The van der Waals surface area contributed by atoms with Crippen molar-refractivity contribution in [2.75, 3.05) is 25.5 Å². The van der Waals surface area contributed by atoms with Gasteiger partial charge in [-0.05, 0) is 36.4 Å². The predicted molar refractivity (Wildman–Crippen MR) is 70.3 cm³/mol. The lowest BCUT2D eigenvalue weighted by atomic mass is 10.2. The number of ether oxygens (including phenoxy) is 2. The van der Waals surface area contributed by atoms with Crippen LogP contribution in [0.5, 0.6) is 11.5 Å². The summed E-state index contributed by atoms with van der Waals surface area (Å²) in [4.78, 5) is 0. The maximum Gasteiger partial charge on any atom is 0.179 e. The summed E-state index contributed by atoms with van der Waals surface area (Å²) in [5, 5.41) is 4.44. The molecule has 1 N–H and O–H groups in total. The number of rotatable bonds is 1. The van der Waals surface area contributed by atoms with Crippen molar-refractivity contribution in [1.29, 1.82) is 0 Å². The first-order valence-electron chi connectivity index (χ1n) is 5.78. The first-order chi connectivity index (χ1) is 8.34. The van der Waals surface area contributed by atoms with Crippen LogP contribution >= 0.6 is 23.4 Å². The third kappa shape index (κ3) is 2.34. The molecule has 3 nitrogen and oxygen atoms in total. The molecule has 1 aromatic rings. The fraction of sp³-hybridized carbons (Fsp3) is 0.500. The minimum Gasteiger partial charge on any atom is -0.486 e. The third-order valence-electron chi connectivity index (χ3n) is 2.86. The summed E-state index contributed by atoms with van der Waals surface area (Å²) in [7, 11) is 0. The van der Waals surface area contributed by atoms with E-state index >= 15 is 0 Å². The van der Waals surface area contributed by atoms with E-state index in [4.69, 9.17) is 21.1 Å². The Morgan fingerprint density at radius 1 is 1.29 bits per heavy atom. The molecular formula is C12H14ClNO2S. The van der Waals surface area contributed by atoms with Gasteiger partial charge in [0.25, 0.3) is 0 Å². The van der Waals surface area contributed by atoms with Gasteiger partial charge in [0.05, 0.1) is 10.4 Å². The van der Waals surface area contributed by atoms with Crippen molar-refractivity contribution >= 4 is 23.4 Å². The van der Waals surface area contributed by atoms with Crippen LogP contribution in [0.3, 0.4) is 0 Å². The molecule has 17 heavy (non-hydrogen) atoms. The molecule has 0 aromatic heterocycles. The second-order valence-electron chi connectivity index (χ2n) is 4.09. The van der Waals surface area contributed by atoms with Gasteiger partial charge in [-0.15, -0.1) is 11.8 Å². The van der Waals surface area contributed by atoms with E-state index in [1.165, 1.54) is 17.7 Å². The van der Waals surface area contributed by atoms with Gasteiger partial charge in [-0.1, -0.05) is 11.6 Å². The van der Waals surface area contributed by atoms with E-state index in [1.807, 2.05) is 23.9 Å². The molecule has 0 spiro atoms. The van der Waals surface area contributed by atoms with Gasteiger partial charge in [0.2, 0.25) is 0 Å². The molecular weight excluding hydrogens is 258 g/mol. The SMILES string of the molecule is Clc1cc(C2NCCCS2)cc2c1OCCO2. The van der Waals surface area contributed by atoms with Gasteiger partial charge in [0, 0.05) is 0 Å². The molecule has 1 unspecified atom stereocenters. The Hall–Kier alpha value is -0.580. The van der Waals surface area contributed by atoms with Gasteiger partial charge in [-0.25, -0.2) is 0 Å². The maximum atomic E-state index is 6.22. The van der Waals surface area contributed by atoms with E-state index < -0.39 is 0 Å². The zero-order valence-electron chi connectivity index (χ0n) is 9.37. The second-order valence-corrected chi connectivity index (χ2v) is 5.71. The van der Waals surface area contributed by atoms with Crippen molar-refractivity contribution in [2.45, 2.75) is 11.8 Å². The molecule has 2 aliphatic heterocycles. The number of benzene rings is 1. The first kappa shape index (κ1) is 11.5.